The lowest BCUT2D eigenvalue weighted by molar-refractivity contribution is -0.133. The van der Waals surface area contributed by atoms with Crippen LogP contribution in [-0.4, -0.2) is 75.9 Å². The molecule has 3 rings (SSSR count). The molecule has 7 nitrogen and oxygen atoms in total. The van der Waals surface area contributed by atoms with Gasteiger partial charge in [0.1, 0.15) is 18.7 Å². The minimum absolute atomic E-state index is 0.128. The topological polar surface area (TPSA) is 63.5 Å². The molecule has 21 heavy (non-hydrogen) atoms. The molecule has 0 radical (unpaired) electrons. The van der Waals surface area contributed by atoms with E-state index < -0.39 is 0 Å². The van der Waals surface area contributed by atoms with Gasteiger partial charge in [-0.1, -0.05) is 6.92 Å². The monoisotopic (exact) mass is 293 g/mol. The van der Waals surface area contributed by atoms with E-state index in [0.29, 0.717) is 12.0 Å². The van der Waals surface area contributed by atoms with E-state index in [9.17, 15) is 4.79 Å². The fourth-order valence-electron chi connectivity index (χ4n) is 3.31. The minimum atomic E-state index is -0.289. The normalized spacial score (nSPS) is 28.8. The van der Waals surface area contributed by atoms with Crippen LogP contribution in [0.4, 0.5) is 0 Å². The summed E-state index contributed by atoms with van der Waals surface area (Å²) in [6, 6.07) is 0.156. The number of carbonyl (C=O) groups excluding carboxylic acids is 1. The van der Waals surface area contributed by atoms with Crippen LogP contribution >= 0.6 is 0 Å². The van der Waals surface area contributed by atoms with Crippen molar-refractivity contribution in [3.63, 3.8) is 0 Å². The lowest BCUT2D eigenvalue weighted by Gasteiger charge is -2.34. The van der Waals surface area contributed by atoms with Crippen LogP contribution in [0.2, 0.25) is 0 Å². The lowest BCUT2D eigenvalue weighted by atomic mass is 10.0. The summed E-state index contributed by atoms with van der Waals surface area (Å²) in [5, 5.41) is 4.07. The number of morpholine rings is 1. The predicted octanol–water partition coefficient (Wildman–Crippen LogP) is 0.0182. The Morgan fingerprint density at radius 2 is 2.10 bits per heavy atom. The number of likely N-dealkylation sites (tertiary alicyclic amines) is 1. The molecule has 2 saturated heterocycles. The van der Waals surface area contributed by atoms with E-state index in [-0.39, 0.29) is 11.9 Å². The molecular formula is C14H23N5O2. The number of ether oxygens (including phenoxy) is 1. The van der Waals surface area contributed by atoms with Crippen molar-refractivity contribution < 1.29 is 9.53 Å². The Kier molecular flexibility index (Phi) is 4.21. The highest BCUT2D eigenvalue weighted by atomic mass is 16.5. The van der Waals surface area contributed by atoms with Crippen molar-refractivity contribution in [3.8, 4) is 0 Å². The molecule has 0 N–H and O–H groups in total. The highest BCUT2D eigenvalue weighted by Crippen LogP contribution is 2.24. The summed E-state index contributed by atoms with van der Waals surface area (Å²) in [5.41, 5.74) is 0. The number of amides is 1. The smallest absolute Gasteiger partial charge is 0.247 e. The Morgan fingerprint density at radius 3 is 2.76 bits per heavy atom. The molecule has 1 aromatic heterocycles. The molecule has 0 bridgehead atoms. The number of rotatable bonds is 3. The van der Waals surface area contributed by atoms with E-state index in [2.05, 4.69) is 21.9 Å². The van der Waals surface area contributed by atoms with Crippen LogP contribution in [0.1, 0.15) is 19.9 Å². The molecule has 3 atom stereocenters. The van der Waals surface area contributed by atoms with Crippen molar-refractivity contribution in [1.82, 2.24) is 24.6 Å². The summed E-state index contributed by atoms with van der Waals surface area (Å²) < 4.78 is 7.04. The molecule has 116 valence electrons. The van der Waals surface area contributed by atoms with Gasteiger partial charge in [-0.25, -0.2) is 9.67 Å². The Labute approximate surface area is 124 Å². The summed E-state index contributed by atoms with van der Waals surface area (Å²) in [6.45, 7) is 9.26. The van der Waals surface area contributed by atoms with Crippen LogP contribution < -0.4 is 0 Å². The predicted molar refractivity (Wildman–Crippen MR) is 76.7 cm³/mol. The third-order valence-electron chi connectivity index (χ3n) is 4.59. The number of nitrogens with zero attached hydrogens (tertiary/aromatic N) is 5. The first kappa shape index (κ1) is 14.5. The molecule has 0 aromatic carbocycles. The quantitative estimate of drug-likeness (QED) is 0.786. The van der Waals surface area contributed by atoms with E-state index >= 15 is 0 Å². The van der Waals surface area contributed by atoms with Crippen LogP contribution in [0.25, 0.3) is 0 Å². The van der Waals surface area contributed by atoms with Crippen molar-refractivity contribution in [2.24, 2.45) is 5.92 Å². The van der Waals surface area contributed by atoms with Gasteiger partial charge in [0, 0.05) is 32.2 Å². The molecule has 0 unspecified atom stereocenters. The standard InChI is InChI=1S/C14H23N5O2/c1-11-7-18(8-13(11)17-3-5-21-6-4-17)14(20)12(2)19-10-15-9-16-19/h9-13H,3-8H2,1-2H3/t11-,12+,13+/m1/s1. The maximum Gasteiger partial charge on any atom is 0.247 e. The van der Waals surface area contributed by atoms with E-state index in [1.807, 2.05) is 11.8 Å². The van der Waals surface area contributed by atoms with Gasteiger partial charge < -0.3 is 9.64 Å². The van der Waals surface area contributed by atoms with Crippen LogP contribution in [0.15, 0.2) is 12.7 Å². The average Bonchev–Trinajstić information content (AvgIpc) is 3.16. The van der Waals surface area contributed by atoms with Gasteiger partial charge in [-0.15, -0.1) is 0 Å². The summed E-state index contributed by atoms with van der Waals surface area (Å²) in [7, 11) is 0. The fraction of sp³-hybridized carbons (Fsp3) is 0.786. The zero-order chi connectivity index (χ0) is 14.8. The van der Waals surface area contributed by atoms with Gasteiger partial charge in [0.15, 0.2) is 0 Å². The number of hydrogen-bond acceptors (Lipinski definition) is 5. The fourth-order valence-corrected chi connectivity index (χ4v) is 3.31. The minimum Gasteiger partial charge on any atom is -0.379 e. The maximum absolute atomic E-state index is 12.6. The highest BCUT2D eigenvalue weighted by molar-refractivity contribution is 5.80. The summed E-state index contributed by atoms with van der Waals surface area (Å²) in [5.74, 6) is 0.623. The van der Waals surface area contributed by atoms with Gasteiger partial charge in [0.05, 0.1) is 13.2 Å². The van der Waals surface area contributed by atoms with Gasteiger partial charge in [-0.2, -0.15) is 5.10 Å². The number of hydrogen-bond donors (Lipinski definition) is 0. The molecule has 1 amide bonds. The van der Waals surface area contributed by atoms with Gasteiger partial charge in [-0.3, -0.25) is 9.69 Å². The Balaban J connectivity index is 1.63. The SMILES string of the molecule is C[C@@H]1CN(C(=O)[C@H](C)n2cncn2)C[C@@H]1N1CCOCC1. The van der Waals surface area contributed by atoms with Crippen LogP contribution in [0, 0.1) is 5.92 Å². The first-order valence-electron chi connectivity index (χ1n) is 7.61. The molecule has 0 aliphatic carbocycles. The van der Waals surface area contributed by atoms with E-state index in [4.69, 9.17) is 4.74 Å². The van der Waals surface area contributed by atoms with Crippen molar-refractivity contribution in [2.45, 2.75) is 25.9 Å². The second-order valence-electron chi connectivity index (χ2n) is 5.99. The van der Waals surface area contributed by atoms with Gasteiger partial charge >= 0.3 is 0 Å². The van der Waals surface area contributed by atoms with Crippen molar-refractivity contribution in [1.29, 1.82) is 0 Å². The zero-order valence-electron chi connectivity index (χ0n) is 12.7. The van der Waals surface area contributed by atoms with Gasteiger partial charge in [0.2, 0.25) is 5.91 Å². The van der Waals surface area contributed by atoms with Crippen LogP contribution in [0.3, 0.4) is 0 Å². The van der Waals surface area contributed by atoms with E-state index in [1.54, 1.807) is 11.0 Å². The third-order valence-corrected chi connectivity index (χ3v) is 4.59. The first-order chi connectivity index (χ1) is 10.2. The summed E-state index contributed by atoms with van der Waals surface area (Å²) >= 11 is 0. The molecular weight excluding hydrogens is 270 g/mol. The molecule has 2 fully saturated rings. The average molecular weight is 293 g/mol. The molecule has 1 aromatic rings. The molecule has 2 aliphatic heterocycles. The zero-order valence-corrected chi connectivity index (χ0v) is 12.7. The summed E-state index contributed by atoms with van der Waals surface area (Å²) in [4.78, 5) is 21.0. The molecule has 3 heterocycles. The van der Waals surface area contributed by atoms with Gasteiger partial charge in [-0.05, 0) is 12.8 Å². The highest BCUT2D eigenvalue weighted by Gasteiger charge is 2.38. The third kappa shape index (κ3) is 2.94. The molecule has 0 saturated carbocycles. The molecule has 2 aliphatic rings. The maximum atomic E-state index is 12.6. The lowest BCUT2D eigenvalue weighted by Crippen LogP contribution is -2.47. The van der Waals surface area contributed by atoms with Crippen molar-refractivity contribution in [2.75, 3.05) is 39.4 Å². The Hall–Kier alpha value is -1.47. The van der Waals surface area contributed by atoms with Crippen molar-refractivity contribution in [3.05, 3.63) is 12.7 Å². The molecule has 0 spiro atoms. The summed E-state index contributed by atoms with van der Waals surface area (Å²) in [6.07, 6.45) is 3.06. The Morgan fingerprint density at radius 1 is 1.33 bits per heavy atom. The van der Waals surface area contributed by atoms with Crippen LogP contribution in [-0.2, 0) is 9.53 Å². The van der Waals surface area contributed by atoms with Crippen LogP contribution in [0.5, 0.6) is 0 Å². The second-order valence-corrected chi connectivity index (χ2v) is 5.99. The van der Waals surface area contributed by atoms with Crippen molar-refractivity contribution >= 4 is 5.91 Å². The van der Waals surface area contributed by atoms with E-state index in [1.165, 1.54) is 6.33 Å². The molecule has 7 heteroatoms. The Bertz CT molecular complexity index is 472. The van der Waals surface area contributed by atoms with E-state index in [0.717, 1.165) is 39.4 Å². The largest absolute Gasteiger partial charge is 0.379 e. The van der Waals surface area contributed by atoms with Gasteiger partial charge in [0.25, 0.3) is 0 Å². The number of carbonyl (C=O) groups is 1. The second kappa shape index (κ2) is 6.11. The first-order valence-corrected chi connectivity index (χ1v) is 7.61. The number of aromatic nitrogens is 3.